The molecular formula is C21H43N. The highest BCUT2D eigenvalue weighted by Gasteiger charge is 2.23. The van der Waals surface area contributed by atoms with Crippen molar-refractivity contribution in [2.75, 3.05) is 13.1 Å². The fraction of sp³-hybridized carbons (Fsp3) is 1.00. The molecule has 132 valence electrons. The van der Waals surface area contributed by atoms with Crippen molar-refractivity contribution in [3.63, 3.8) is 0 Å². The molecule has 1 saturated carbocycles. The van der Waals surface area contributed by atoms with Crippen LogP contribution in [0.25, 0.3) is 0 Å². The third-order valence-corrected chi connectivity index (χ3v) is 5.63. The Morgan fingerprint density at radius 1 is 0.773 bits per heavy atom. The second kappa shape index (κ2) is 13.4. The van der Waals surface area contributed by atoms with Gasteiger partial charge in [-0.05, 0) is 38.3 Å². The lowest BCUT2D eigenvalue weighted by Crippen LogP contribution is -2.39. The average Bonchev–Trinajstić information content (AvgIpc) is 2.53. The third kappa shape index (κ3) is 9.18. The van der Waals surface area contributed by atoms with Crippen molar-refractivity contribution in [2.24, 2.45) is 5.92 Å². The fourth-order valence-electron chi connectivity index (χ4n) is 4.13. The monoisotopic (exact) mass is 309 g/mol. The van der Waals surface area contributed by atoms with Crippen molar-refractivity contribution in [3.8, 4) is 0 Å². The molecule has 0 spiro atoms. The number of unbranched alkanes of at least 4 members (excludes halogenated alkanes) is 9. The summed E-state index contributed by atoms with van der Waals surface area (Å²) >= 11 is 0. The van der Waals surface area contributed by atoms with E-state index in [0.29, 0.717) is 0 Å². The van der Waals surface area contributed by atoms with Crippen molar-refractivity contribution in [2.45, 2.75) is 117 Å². The molecule has 0 amide bonds. The first kappa shape index (κ1) is 20.0. The molecule has 0 saturated heterocycles. The summed E-state index contributed by atoms with van der Waals surface area (Å²) in [6, 6.07) is 0.896. The molecule has 22 heavy (non-hydrogen) atoms. The molecule has 2 unspecified atom stereocenters. The van der Waals surface area contributed by atoms with Crippen molar-refractivity contribution >= 4 is 0 Å². The van der Waals surface area contributed by atoms with Crippen LogP contribution < -0.4 is 0 Å². The molecule has 0 aromatic heterocycles. The summed E-state index contributed by atoms with van der Waals surface area (Å²) < 4.78 is 0. The highest BCUT2D eigenvalue weighted by molar-refractivity contribution is 4.78. The van der Waals surface area contributed by atoms with Crippen LogP contribution >= 0.6 is 0 Å². The molecule has 0 radical (unpaired) electrons. The van der Waals surface area contributed by atoms with Gasteiger partial charge in [0.15, 0.2) is 0 Å². The van der Waals surface area contributed by atoms with Crippen LogP contribution in [0, 0.1) is 5.92 Å². The number of nitrogens with zero attached hydrogens (tertiary/aromatic N) is 1. The Hall–Kier alpha value is -0.0400. The van der Waals surface area contributed by atoms with Crippen LogP contribution in [0.2, 0.25) is 0 Å². The van der Waals surface area contributed by atoms with Crippen molar-refractivity contribution in [1.82, 2.24) is 4.90 Å². The van der Waals surface area contributed by atoms with Gasteiger partial charge in [0.25, 0.3) is 0 Å². The molecule has 1 fully saturated rings. The van der Waals surface area contributed by atoms with E-state index in [4.69, 9.17) is 0 Å². The Balaban J connectivity index is 1.96. The normalized spacial score (nSPS) is 22.4. The maximum absolute atomic E-state index is 2.78. The summed E-state index contributed by atoms with van der Waals surface area (Å²) in [5, 5.41) is 0. The minimum atomic E-state index is 0.896. The van der Waals surface area contributed by atoms with Gasteiger partial charge in [0.2, 0.25) is 0 Å². The molecule has 0 aromatic carbocycles. The Morgan fingerprint density at radius 3 is 1.91 bits per heavy atom. The van der Waals surface area contributed by atoms with Crippen LogP contribution in [0.1, 0.15) is 111 Å². The van der Waals surface area contributed by atoms with Gasteiger partial charge >= 0.3 is 0 Å². The summed E-state index contributed by atoms with van der Waals surface area (Å²) in [6.45, 7) is 9.71. The Morgan fingerprint density at radius 2 is 1.36 bits per heavy atom. The smallest absolute Gasteiger partial charge is 0.00976 e. The van der Waals surface area contributed by atoms with Crippen molar-refractivity contribution < 1.29 is 0 Å². The van der Waals surface area contributed by atoms with Gasteiger partial charge in [-0.25, -0.2) is 0 Å². The van der Waals surface area contributed by atoms with Gasteiger partial charge in [0, 0.05) is 6.04 Å². The van der Waals surface area contributed by atoms with Gasteiger partial charge in [-0.1, -0.05) is 91.4 Å². The maximum atomic E-state index is 2.78. The van der Waals surface area contributed by atoms with E-state index in [2.05, 4.69) is 25.7 Å². The average molecular weight is 310 g/mol. The van der Waals surface area contributed by atoms with E-state index in [1.54, 1.807) is 0 Å². The zero-order chi connectivity index (χ0) is 16.0. The Bertz CT molecular complexity index is 238. The highest BCUT2D eigenvalue weighted by Crippen LogP contribution is 2.27. The SMILES string of the molecule is CCCCCCCCCCCCN(CC)C1CCCC(C)C1. The van der Waals surface area contributed by atoms with E-state index < -0.39 is 0 Å². The molecular weight excluding hydrogens is 266 g/mol. The Kier molecular flexibility index (Phi) is 12.2. The molecule has 1 rings (SSSR count). The predicted octanol–water partition coefficient (Wildman–Crippen LogP) is 6.81. The van der Waals surface area contributed by atoms with E-state index in [0.717, 1.165) is 12.0 Å². The fourth-order valence-corrected chi connectivity index (χ4v) is 4.13. The first-order valence-corrected chi connectivity index (χ1v) is 10.5. The van der Waals surface area contributed by atoms with E-state index >= 15 is 0 Å². The number of hydrogen-bond acceptors (Lipinski definition) is 1. The molecule has 2 atom stereocenters. The summed E-state index contributed by atoms with van der Waals surface area (Å²) in [7, 11) is 0. The second-order valence-electron chi connectivity index (χ2n) is 7.74. The largest absolute Gasteiger partial charge is 0.301 e. The van der Waals surface area contributed by atoms with Crippen LogP contribution in [0.5, 0.6) is 0 Å². The predicted molar refractivity (Wildman–Crippen MR) is 101 cm³/mol. The molecule has 1 heteroatoms. The molecule has 0 N–H and O–H groups in total. The second-order valence-corrected chi connectivity index (χ2v) is 7.74. The van der Waals surface area contributed by atoms with E-state index in [1.165, 1.54) is 103 Å². The van der Waals surface area contributed by atoms with Gasteiger partial charge < -0.3 is 4.90 Å². The first-order chi connectivity index (χ1) is 10.8. The lowest BCUT2D eigenvalue weighted by molar-refractivity contribution is 0.138. The van der Waals surface area contributed by atoms with Crippen LogP contribution in [0.4, 0.5) is 0 Å². The molecule has 0 bridgehead atoms. The molecule has 1 nitrogen and oxygen atoms in total. The van der Waals surface area contributed by atoms with Crippen molar-refractivity contribution in [1.29, 1.82) is 0 Å². The van der Waals surface area contributed by atoms with Gasteiger partial charge in [-0.2, -0.15) is 0 Å². The lowest BCUT2D eigenvalue weighted by atomic mass is 9.86. The van der Waals surface area contributed by atoms with E-state index in [-0.39, 0.29) is 0 Å². The third-order valence-electron chi connectivity index (χ3n) is 5.63. The molecule has 1 aliphatic carbocycles. The number of rotatable bonds is 13. The minimum absolute atomic E-state index is 0.896. The zero-order valence-corrected chi connectivity index (χ0v) is 15.9. The molecule has 0 heterocycles. The van der Waals surface area contributed by atoms with Crippen LogP contribution in [-0.2, 0) is 0 Å². The van der Waals surface area contributed by atoms with Crippen LogP contribution in [-0.4, -0.2) is 24.0 Å². The van der Waals surface area contributed by atoms with Gasteiger partial charge in [-0.15, -0.1) is 0 Å². The van der Waals surface area contributed by atoms with E-state index in [1.807, 2.05) is 0 Å². The molecule has 0 aliphatic heterocycles. The topological polar surface area (TPSA) is 3.24 Å². The Labute approximate surface area is 141 Å². The lowest BCUT2D eigenvalue weighted by Gasteiger charge is -2.36. The summed E-state index contributed by atoms with van der Waals surface area (Å²) in [4.78, 5) is 2.78. The standard InChI is InChI=1S/C21H43N/c1-4-6-7-8-9-10-11-12-13-14-18-22(5-2)21-17-15-16-20(3)19-21/h20-21H,4-19H2,1-3H3. The van der Waals surface area contributed by atoms with Gasteiger partial charge in [-0.3, -0.25) is 0 Å². The zero-order valence-electron chi connectivity index (χ0n) is 15.9. The summed E-state index contributed by atoms with van der Waals surface area (Å²) in [5.74, 6) is 0.959. The quantitative estimate of drug-likeness (QED) is 0.338. The van der Waals surface area contributed by atoms with Gasteiger partial charge in [0.05, 0.1) is 0 Å². The van der Waals surface area contributed by atoms with Crippen LogP contribution in [0.3, 0.4) is 0 Å². The molecule has 0 aromatic rings. The number of hydrogen-bond donors (Lipinski definition) is 0. The van der Waals surface area contributed by atoms with Crippen LogP contribution in [0.15, 0.2) is 0 Å². The maximum Gasteiger partial charge on any atom is 0.00976 e. The first-order valence-electron chi connectivity index (χ1n) is 10.5. The summed E-state index contributed by atoms with van der Waals surface area (Å²) in [5.41, 5.74) is 0. The highest BCUT2D eigenvalue weighted by atomic mass is 15.1. The van der Waals surface area contributed by atoms with E-state index in [9.17, 15) is 0 Å². The molecule has 1 aliphatic rings. The minimum Gasteiger partial charge on any atom is -0.301 e. The summed E-state index contributed by atoms with van der Waals surface area (Å²) in [6.07, 6.45) is 20.3. The van der Waals surface area contributed by atoms with Crippen molar-refractivity contribution in [3.05, 3.63) is 0 Å². The van der Waals surface area contributed by atoms with Gasteiger partial charge in [0.1, 0.15) is 0 Å².